The van der Waals surface area contributed by atoms with E-state index in [2.05, 4.69) is 5.32 Å². The number of rotatable bonds is 3. The highest BCUT2D eigenvalue weighted by atomic mass is 19.2. The molecule has 1 saturated heterocycles. The second-order valence-electron chi connectivity index (χ2n) is 4.86. The van der Waals surface area contributed by atoms with Crippen LogP contribution in [0.2, 0.25) is 0 Å². The largest absolute Gasteiger partial charge is 0.371 e. The van der Waals surface area contributed by atoms with Crippen molar-refractivity contribution < 1.29 is 18.0 Å². The molecule has 0 spiro atoms. The molecular formula is C13H15F3N2O. The Kier molecular flexibility index (Phi) is 3.68. The summed E-state index contributed by atoms with van der Waals surface area (Å²) < 4.78 is 39.3. The number of benzene rings is 1. The zero-order valence-corrected chi connectivity index (χ0v) is 10.7. The van der Waals surface area contributed by atoms with Crippen LogP contribution < -0.4 is 5.32 Å². The predicted octanol–water partition coefficient (Wildman–Crippen LogP) is 2.53. The van der Waals surface area contributed by atoms with E-state index in [-0.39, 0.29) is 17.6 Å². The number of halogens is 3. The molecule has 1 aliphatic heterocycles. The van der Waals surface area contributed by atoms with Crippen LogP contribution in [0.15, 0.2) is 12.1 Å². The second-order valence-corrected chi connectivity index (χ2v) is 4.86. The molecule has 6 heteroatoms. The highest BCUT2D eigenvalue weighted by Gasteiger charge is 2.33. The van der Waals surface area contributed by atoms with Crippen LogP contribution in [-0.2, 0) is 4.79 Å². The fraction of sp³-hybridized carbons (Fsp3) is 0.462. The van der Waals surface area contributed by atoms with Gasteiger partial charge in [0.1, 0.15) is 11.9 Å². The molecule has 0 unspecified atom stereocenters. The van der Waals surface area contributed by atoms with Crippen molar-refractivity contribution in [3.05, 3.63) is 29.6 Å². The van der Waals surface area contributed by atoms with E-state index in [0.717, 1.165) is 6.07 Å². The van der Waals surface area contributed by atoms with E-state index in [4.69, 9.17) is 0 Å². The number of carbonyl (C=O) groups excluding carboxylic acids is 1. The summed E-state index contributed by atoms with van der Waals surface area (Å²) >= 11 is 0. The van der Waals surface area contributed by atoms with E-state index in [9.17, 15) is 18.0 Å². The summed E-state index contributed by atoms with van der Waals surface area (Å²) in [7, 11) is 0. The van der Waals surface area contributed by atoms with Gasteiger partial charge in [0, 0.05) is 24.7 Å². The van der Waals surface area contributed by atoms with Crippen LogP contribution in [-0.4, -0.2) is 29.4 Å². The van der Waals surface area contributed by atoms with Crippen LogP contribution in [0.3, 0.4) is 0 Å². The molecule has 1 aliphatic rings. The van der Waals surface area contributed by atoms with Crippen LogP contribution in [0, 0.1) is 17.5 Å². The third-order valence-corrected chi connectivity index (χ3v) is 3.20. The number of carbonyl (C=O) groups is 1. The first-order valence-electron chi connectivity index (χ1n) is 6.11. The summed E-state index contributed by atoms with van der Waals surface area (Å²) in [5.74, 6) is -3.45. The van der Waals surface area contributed by atoms with Crippen molar-refractivity contribution in [2.45, 2.75) is 32.4 Å². The number of hydrogen-bond acceptors (Lipinski definition) is 2. The first-order valence-corrected chi connectivity index (χ1v) is 6.11. The van der Waals surface area contributed by atoms with Gasteiger partial charge in [-0.25, -0.2) is 13.2 Å². The lowest BCUT2D eigenvalue weighted by Crippen LogP contribution is -2.37. The van der Waals surface area contributed by atoms with Crippen LogP contribution in [0.4, 0.5) is 18.9 Å². The molecule has 0 saturated carbocycles. The van der Waals surface area contributed by atoms with Gasteiger partial charge in [-0.2, -0.15) is 0 Å². The molecule has 1 amide bonds. The first kappa shape index (κ1) is 13.7. The van der Waals surface area contributed by atoms with E-state index in [1.165, 1.54) is 0 Å². The lowest BCUT2D eigenvalue weighted by Gasteiger charge is -2.21. The highest BCUT2D eigenvalue weighted by molar-refractivity contribution is 5.87. The molecule has 1 N–H and O–H groups in total. The Morgan fingerprint density at radius 3 is 2.42 bits per heavy atom. The Morgan fingerprint density at radius 2 is 1.84 bits per heavy atom. The van der Waals surface area contributed by atoms with Gasteiger partial charge in [0.2, 0.25) is 5.91 Å². The molecule has 1 aromatic rings. The number of nitrogens with one attached hydrogen (secondary N) is 1. The van der Waals surface area contributed by atoms with E-state index < -0.39 is 23.5 Å². The average molecular weight is 272 g/mol. The quantitative estimate of drug-likeness (QED) is 0.858. The standard InChI is InChI=1S/C13H15F3N2O/c1-7(2)18-4-3-11(13(18)19)17-12-6-9(15)8(14)5-10(12)16/h5-7,11,17H,3-4H2,1-2H3/t11-/m0/s1. The first-order chi connectivity index (χ1) is 8.90. The lowest BCUT2D eigenvalue weighted by molar-refractivity contribution is -0.129. The average Bonchev–Trinajstić information content (AvgIpc) is 2.68. The number of nitrogens with zero attached hydrogens (tertiary/aromatic N) is 1. The van der Waals surface area contributed by atoms with Crippen molar-refractivity contribution in [1.82, 2.24) is 4.90 Å². The maximum atomic E-state index is 13.5. The van der Waals surface area contributed by atoms with Crippen molar-refractivity contribution in [1.29, 1.82) is 0 Å². The minimum absolute atomic E-state index is 0.0640. The Hall–Kier alpha value is -1.72. The van der Waals surface area contributed by atoms with Gasteiger partial charge in [-0.3, -0.25) is 4.79 Å². The van der Waals surface area contributed by atoms with Gasteiger partial charge in [0.05, 0.1) is 5.69 Å². The summed E-state index contributed by atoms with van der Waals surface area (Å²) in [6.07, 6.45) is 0.509. The monoisotopic (exact) mass is 272 g/mol. The molecular weight excluding hydrogens is 257 g/mol. The molecule has 2 rings (SSSR count). The number of amides is 1. The highest BCUT2D eigenvalue weighted by Crippen LogP contribution is 2.23. The molecule has 0 aliphatic carbocycles. The Morgan fingerprint density at radius 1 is 1.21 bits per heavy atom. The second kappa shape index (κ2) is 5.11. The Balaban J connectivity index is 2.15. The third-order valence-electron chi connectivity index (χ3n) is 3.20. The van der Waals surface area contributed by atoms with Gasteiger partial charge in [-0.1, -0.05) is 0 Å². The van der Waals surface area contributed by atoms with E-state index in [1.54, 1.807) is 4.90 Å². The molecule has 1 fully saturated rings. The van der Waals surface area contributed by atoms with Gasteiger partial charge in [-0.05, 0) is 20.3 Å². The normalized spacial score (nSPS) is 19.4. The van der Waals surface area contributed by atoms with Crippen molar-refractivity contribution in [3.63, 3.8) is 0 Å². The van der Waals surface area contributed by atoms with Crippen molar-refractivity contribution in [3.8, 4) is 0 Å². The minimum atomic E-state index is -1.25. The number of anilines is 1. The van der Waals surface area contributed by atoms with Crippen molar-refractivity contribution in [2.75, 3.05) is 11.9 Å². The predicted molar refractivity (Wildman–Crippen MR) is 65.2 cm³/mol. The molecule has 1 heterocycles. The summed E-state index contributed by atoms with van der Waals surface area (Å²) in [6.45, 7) is 4.34. The summed E-state index contributed by atoms with van der Waals surface area (Å²) in [4.78, 5) is 13.6. The fourth-order valence-electron chi connectivity index (χ4n) is 2.17. The van der Waals surface area contributed by atoms with Crippen molar-refractivity contribution >= 4 is 11.6 Å². The fourth-order valence-corrected chi connectivity index (χ4v) is 2.17. The van der Waals surface area contributed by atoms with E-state index in [0.29, 0.717) is 19.0 Å². The van der Waals surface area contributed by atoms with Gasteiger partial charge in [-0.15, -0.1) is 0 Å². The van der Waals surface area contributed by atoms with Gasteiger partial charge >= 0.3 is 0 Å². The smallest absolute Gasteiger partial charge is 0.245 e. The molecule has 0 aromatic heterocycles. The van der Waals surface area contributed by atoms with Gasteiger partial charge in [0.25, 0.3) is 0 Å². The molecule has 1 aromatic carbocycles. The Labute approximate surface area is 109 Å². The summed E-state index contributed by atoms with van der Waals surface area (Å²) in [5, 5.41) is 2.64. The molecule has 19 heavy (non-hydrogen) atoms. The lowest BCUT2D eigenvalue weighted by atomic mass is 10.2. The Bertz CT molecular complexity index is 505. The SMILES string of the molecule is CC(C)N1CC[C@H](Nc2cc(F)c(F)cc2F)C1=O. The molecule has 0 bridgehead atoms. The summed E-state index contributed by atoms with van der Waals surface area (Å²) in [5.41, 5.74) is -0.192. The molecule has 0 radical (unpaired) electrons. The van der Waals surface area contributed by atoms with Gasteiger partial charge in [0.15, 0.2) is 11.6 Å². The molecule has 104 valence electrons. The van der Waals surface area contributed by atoms with Crippen LogP contribution in [0.5, 0.6) is 0 Å². The van der Waals surface area contributed by atoms with Gasteiger partial charge < -0.3 is 10.2 Å². The van der Waals surface area contributed by atoms with Crippen molar-refractivity contribution in [2.24, 2.45) is 0 Å². The van der Waals surface area contributed by atoms with E-state index in [1.807, 2.05) is 13.8 Å². The van der Waals surface area contributed by atoms with Crippen LogP contribution in [0.25, 0.3) is 0 Å². The maximum absolute atomic E-state index is 13.5. The minimum Gasteiger partial charge on any atom is -0.371 e. The molecule has 1 atom stereocenters. The summed E-state index contributed by atoms with van der Waals surface area (Å²) in [6, 6.07) is 0.670. The maximum Gasteiger partial charge on any atom is 0.245 e. The zero-order valence-electron chi connectivity index (χ0n) is 10.7. The number of hydrogen-bond donors (Lipinski definition) is 1. The van der Waals surface area contributed by atoms with E-state index >= 15 is 0 Å². The topological polar surface area (TPSA) is 32.3 Å². The van der Waals surface area contributed by atoms with Crippen LogP contribution in [0.1, 0.15) is 20.3 Å². The number of likely N-dealkylation sites (tertiary alicyclic amines) is 1. The zero-order chi connectivity index (χ0) is 14.2. The van der Waals surface area contributed by atoms with Crippen LogP contribution >= 0.6 is 0 Å². The molecule has 3 nitrogen and oxygen atoms in total. The third kappa shape index (κ3) is 2.67.